The lowest BCUT2D eigenvalue weighted by Gasteiger charge is -2.31. The van der Waals surface area contributed by atoms with Crippen LogP contribution in [0, 0.1) is 0 Å². The Morgan fingerprint density at radius 1 is 1.38 bits per heavy atom. The van der Waals surface area contributed by atoms with E-state index >= 15 is 0 Å². The van der Waals surface area contributed by atoms with Crippen LogP contribution in [0.15, 0.2) is 5.38 Å². The van der Waals surface area contributed by atoms with Crippen molar-refractivity contribution in [3.05, 3.63) is 16.1 Å². The molecule has 5 heteroatoms. The van der Waals surface area contributed by atoms with E-state index in [-0.39, 0.29) is 11.4 Å². The zero-order valence-corrected chi connectivity index (χ0v) is 14.4. The highest BCUT2D eigenvalue weighted by Crippen LogP contribution is 2.25. The lowest BCUT2D eigenvalue weighted by Crippen LogP contribution is -2.44. The number of aromatic nitrogens is 1. The second-order valence-corrected chi connectivity index (χ2v) is 7.81. The van der Waals surface area contributed by atoms with Gasteiger partial charge < -0.3 is 10.2 Å². The average molecular weight is 309 g/mol. The molecule has 0 bridgehead atoms. The van der Waals surface area contributed by atoms with Crippen LogP contribution in [0.5, 0.6) is 0 Å². The first-order valence-corrected chi connectivity index (χ1v) is 8.71. The van der Waals surface area contributed by atoms with Crippen LogP contribution in [-0.4, -0.2) is 29.0 Å². The fourth-order valence-corrected chi connectivity index (χ4v) is 3.56. The van der Waals surface area contributed by atoms with Gasteiger partial charge >= 0.3 is 6.03 Å². The highest BCUT2D eigenvalue weighted by Gasteiger charge is 2.22. The van der Waals surface area contributed by atoms with Crippen LogP contribution in [0.3, 0.4) is 0 Å². The minimum atomic E-state index is 0.0206. The molecule has 4 nitrogen and oxygen atoms in total. The quantitative estimate of drug-likeness (QED) is 0.920. The standard InChI is InChI=1S/C16H27N3OS/c1-16(2,3)14-18-12(11-21-14)10-17-15(20)19(4)13-8-6-5-7-9-13/h11,13H,5-10H2,1-4H3,(H,17,20). The maximum absolute atomic E-state index is 12.2. The normalized spacial score (nSPS) is 16.8. The monoisotopic (exact) mass is 309 g/mol. The third-order valence-corrected chi connectivity index (χ3v) is 5.37. The number of nitrogens with one attached hydrogen (secondary N) is 1. The Hall–Kier alpha value is -1.10. The van der Waals surface area contributed by atoms with Crippen LogP contribution in [0.2, 0.25) is 0 Å². The van der Waals surface area contributed by atoms with Gasteiger partial charge in [-0.05, 0) is 12.8 Å². The lowest BCUT2D eigenvalue weighted by molar-refractivity contribution is 0.173. The van der Waals surface area contributed by atoms with E-state index in [1.165, 1.54) is 19.3 Å². The van der Waals surface area contributed by atoms with Crippen LogP contribution in [-0.2, 0) is 12.0 Å². The average Bonchev–Trinajstić information content (AvgIpc) is 2.94. The number of carbonyl (C=O) groups excluding carboxylic acids is 1. The van der Waals surface area contributed by atoms with Gasteiger partial charge in [-0.2, -0.15) is 0 Å². The molecule has 21 heavy (non-hydrogen) atoms. The van der Waals surface area contributed by atoms with Crippen LogP contribution in [0.1, 0.15) is 63.6 Å². The van der Waals surface area contributed by atoms with E-state index in [4.69, 9.17) is 0 Å². The molecule has 1 saturated carbocycles. The fraction of sp³-hybridized carbons (Fsp3) is 0.750. The topological polar surface area (TPSA) is 45.2 Å². The predicted octanol–water partition coefficient (Wildman–Crippen LogP) is 3.91. The van der Waals surface area contributed by atoms with Gasteiger partial charge in [0.05, 0.1) is 17.2 Å². The van der Waals surface area contributed by atoms with Crippen molar-refractivity contribution in [1.29, 1.82) is 0 Å². The first-order valence-electron chi connectivity index (χ1n) is 7.83. The highest BCUT2D eigenvalue weighted by atomic mass is 32.1. The molecule has 1 N–H and O–H groups in total. The molecule has 2 amide bonds. The van der Waals surface area contributed by atoms with Gasteiger partial charge in [0.25, 0.3) is 0 Å². The summed E-state index contributed by atoms with van der Waals surface area (Å²) in [6.07, 6.45) is 6.05. The van der Waals surface area contributed by atoms with Crippen molar-refractivity contribution >= 4 is 17.4 Å². The minimum absolute atomic E-state index is 0.0206. The Bertz CT molecular complexity index is 472. The van der Waals surface area contributed by atoms with E-state index in [9.17, 15) is 4.79 Å². The van der Waals surface area contributed by atoms with Gasteiger partial charge in [0, 0.05) is 23.9 Å². The largest absolute Gasteiger partial charge is 0.332 e. The summed E-state index contributed by atoms with van der Waals surface area (Å²) in [5.41, 5.74) is 1.03. The van der Waals surface area contributed by atoms with Crippen molar-refractivity contribution in [1.82, 2.24) is 15.2 Å². The summed E-state index contributed by atoms with van der Waals surface area (Å²) in [6.45, 7) is 6.99. The molecule has 1 aliphatic carbocycles. The van der Waals surface area contributed by atoms with E-state index in [1.54, 1.807) is 11.3 Å². The number of thiazole rings is 1. The minimum Gasteiger partial charge on any atom is -0.332 e. The van der Waals surface area contributed by atoms with Gasteiger partial charge in [-0.25, -0.2) is 9.78 Å². The summed E-state index contributed by atoms with van der Waals surface area (Å²) in [6, 6.07) is 0.423. The van der Waals surface area contributed by atoms with Crippen molar-refractivity contribution < 1.29 is 4.79 Å². The number of rotatable bonds is 3. The summed E-state index contributed by atoms with van der Waals surface area (Å²) in [7, 11) is 1.91. The Balaban J connectivity index is 1.84. The van der Waals surface area contributed by atoms with E-state index in [2.05, 4.69) is 31.1 Å². The molecule has 0 radical (unpaired) electrons. The van der Waals surface area contributed by atoms with Crippen LogP contribution >= 0.6 is 11.3 Å². The molecule has 0 aromatic carbocycles. The summed E-state index contributed by atoms with van der Waals surface area (Å²) in [5.74, 6) is 0. The molecule has 1 aromatic rings. The Morgan fingerprint density at radius 2 is 2.05 bits per heavy atom. The smallest absolute Gasteiger partial charge is 0.317 e. The molecule has 1 heterocycles. The van der Waals surface area contributed by atoms with E-state index in [0.29, 0.717) is 12.6 Å². The van der Waals surface area contributed by atoms with Crippen molar-refractivity contribution in [2.45, 2.75) is 70.9 Å². The third-order valence-electron chi connectivity index (χ3n) is 4.06. The number of carbonyl (C=O) groups is 1. The van der Waals surface area contributed by atoms with Crippen molar-refractivity contribution in [2.75, 3.05) is 7.05 Å². The molecule has 0 aliphatic heterocycles. The van der Waals surface area contributed by atoms with Crippen LogP contribution in [0.25, 0.3) is 0 Å². The van der Waals surface area contributed by atoms with Gasteiger partial charge in [-0.15, -0.1) is 11.3 Å². The summed E-state index contributed by atoms with van der Waals surface area (Å²) >= 11 is 1.67. The number of amides is 2. The van der Waals surface area contributed by atoms with Gasteiger partial charge in [0.1, 0.15) is 0 Å². The van der Waals surface area contributed by atoms with E-state index < -0.39 is 0 Å². The Labute approximate surface area is 132 Å². The lowest BCUT2D eigenvalue weighted by atomic mass is 9.95. The predicted molar refractivity (Wildman–Crippen MR) is 87.7 cm³/mol. The molecule has 0 unspecified atom stereocenters. The van der Waals surface area contributed by atoms with Gasteiger partial charge in [0.2, 0.25) is 0 Å². The molecule has 118 valence electrons. The van der Waals surface area contributed by atoms with Crippen LogP contribution in [0.4, 0.5) is 4.79 Å². The van der Waals surface area contributed by atoms with E-state index in [0.717, 1.165) is 23.5 Å². The maximum atomic E-state index is 12.2. The molecule has 2 rings (SSSR count). The van der Waals surface area contributed by atoms with Crippen molar-refractivity contribution in [2.24, 2.45) is 0 Å². The number of nitrogens with zero attached hydrogens (tertiary/aromatic N) is 2. The van der Waals surface area contributed by atoms with E-state index in [1.807, 2.05) is 17.3 Å². The SMILES string of the molecule is CN(C(=O)NCc1csc(C(C)(C)C)n1)C1CCCCC1. The summed E-state index contributed by atoms with van der Waals surface area (Å²) in [5, 5.41) is 6.15. The number of hydrogen-bond donors (Lipinski definition) is 1. The zero-order chi connectivity index (χ0) is 15.5. The second kappa shape index (κ2) is 6.77. The molecule has 0 spiro atoms. The van der Waals surface area contributed by atoms with Crippen molar-refractivity contribution in [3.63, 3.8) is 0 Å². The molecule has 0 atom stereocenters. The maximum Gasteiger partial charge on any atom is 0.317 e. The molecule has 0 saturated heterocycles. The first-order chi connectivity index (χ1) is 9.88. The van der Waals surface area contributed by atoms with Gasteiger partial charge in [0.15, 0.2) is 0 Å². The second-order valence-electron chi connectivity index (χ2n) is 6.96. The van der Waals surface area contributed by atoms with Crippen molar-refractivity contribution in [3.8, 4) is 0 Å². The van der Waals surface area contributed by atoms with Gasteiger partial charge in [-0.1, -0.05) is 40.0 Å². The first kappa shape index (κ1) is 16.3. The third kappa shape index (κ3) is 4.43. The van der Waals surface area contributed by atoms with Gasteiger partial charge in [-0.3, -0.25) is 0 Å². The molecular formula is C16H27N3OS. The summed E-state index contributed by atoms with van der Waals surface area (Å²) < 4.78 is 0. The number of urea groups is 1. The molecular weight excluding hydrogens is 282 g/mol. The highest BCUT2D eigenvalue weighted by molar-refractivity contribution is 7.09. The Kier molecular flexibility index (Phi) is 5.25. The van der Waals surface area contributed by atoms with Crippen LogP contribution < -0.4 is 5.32 Å². The molecule has 1 aliphatic rings. The molecule has 1 aromatic heterocycles. The summed E-state index contributed by atoms with van der Waals surface area (Å²) in [4.78, 5) is 18.7. The molecule has 1 fully saturated rings. The zero-order valence-electron chi connectivity index (χ0n) is 13.6. The number of hydrogen-bond acceptors (Lipinski definition) is 3. The fourth-order valence-electron chi connectivity index (χ4n) is 2.66. The Morgan fingerprint density at radius 3 is 2.62 bits per heavy atom.